The highest BCUT2D eigenvalue weighted by Crippen LogP contribution is 2.36. The third-order valence-corrected chi connectivity index (χ3v) is 4.65. The maximum Gasteiger partial charge on any atom is 0.469 e. The summed E-state index contributed by atoms with van der Waals surface area (Å²) in [6, 6.07) is 19.0. The number of benzene rings is 2. The third kappa shape index (κ3) is 6.87. The van der Waals surface area contributed by atoms with Crippen LogP contribution in [0.4, 0.5) is 0 Å². The van der Waals surface area contributed by atoms with Gasteiger partial charge in [0.2, 0.25) is 0 Å². The van der Waals surface area contributed by atoms with E-state index in [-0.39, 0.29) is 13.2 Å². The molecule has 0 saturated heterocycles. The fourth-order valence-corrected chi connectivity index (χ4v) is 3.03. The summed E-state index contributed by atoms with van der Waals surface area (Å²) in [4.78, 5) is 21.8. The molecule has 3 aromatic rings. The summed E-state index contributed by atoms with van der Waals surface area (Å²) in [6.45, 7) is 0.751. The summed E-state index contributed by atoms with van der Waals surface area (Å²) in [6.07, 6.45) is 1.53. The van der Waals surface area contributed by atoms with Gasteiger partial charge in [0.05, 0.1) is 32.1 Å². The van der Waals surface area contributed by atoms with Gasteiger partial charge in [0.25, 0.3) is 0 Å². The zero-order valence-electron chi connectivity index (χ0n) is 15.6. The van der Waals surface area contributed by atoms with Gasteiger partial charge >= 0.3 is 7.82 Å². The molecule has 0 radical (unpaired) electrons. The average Bonchev–Trinajstić information content (AvgIpc) is 2.73. The zero-order valence-corrected chi connectivity index (χ0v) is 16.5. The first kappa shape index (κ1) is 21.3. The molecule has 0 bridgehead atoms. The van der Waals surface area contributed by atoms with Crippen molar-refractivity contribution in [3.63, 3.8) is 0 Å². The number of rotatable bonds is 9. The Kier molecular flexibility index (Phi) is 7.28. The molecule has 8 heteroatoms. The molecule has 152 valence electrons. The Morgan fingerprint density at radius 1 is 0.828 bits per heavy atom. The normalized spacial score (nSPS) is 11.6. The second-order valence-corrected chi connectivity index (χ2v) is 7.72. The summed E-state index contributed by atoms with van der Waals surface area (Å²) < 4.78 is 20.9. The summed E-state index contributed by atoms with van der Waals surface area (Å²) >= 11 is 0. The number of aromatic nitrogens is 1. The first-order chi connectivity index (χ1) is 13.9. The highest BCUT2D eigenvalue weighted by Gasteiger charge is 2.13. The van der Waals surface area contributed by atoms with Crippen LogP contribution in [0.1, 0.15) is 22.3 Å². The van der Waals surface area contributed by atoms with Crippen LogP contribution in [-0.2, 0) is 40.3 Å². The molecule has 29 heavy (non-hydrogen) atoms. The SMILES string of the molecule is O=P(O)(O)OCc1ccc(-c2ccc(COCc3cccc(CO)c3)cc2)nc1. The van der Waals surface area contributed by atoms with Gasteiger partial charge in [-0.2, -0.15) is 0 Å². The molecular formula is C21H22NO6P. The predicted octanol–water partition coefficient (Wildman–Crippen LogP) is 3.57. The maximum atomic E-state index is 10.7. The largest absolute Gasteiger partial charge is 0.469 e. The topological polar surface area (TPSA) is 109 Å². The molecule has 0 saturated carbocycles. The number of ether oxygens (including phenoxy) is 1. The minimum Gasteiger partial charge on any atom is -0.392 e. The highest BCUT2D eigenvalue weighted by molar-refractivity contribution is 7.46. The van der Waals surface area contributed by atoms with Gasteiger partial charge in [-0.25, -0.2) is 4.57 Å². The van der Waals surface area contributed by atoms with Gasteiger partial charge in [-0.1, -0.05) is 54.6 Å². The molecule has 1 aromatic heterocycles. The number of aliphatic hydroxyl groups excluding tert-OH is 1. The van der Waals surface area contributed by atoms with E-state index in [0.29, 0.717) is 18.8 Å². The van der Waals surface area contributed by atoms with E-state index in [0.717, 1.165) is 27.9 Å². The molecule has 3 rings (SSSR count). The number of phosphoric ester groups is 1. The maximum absolute atomic E-state index is 10.7. The van der Waals surface area contributed by atoms with Crippen molar-refractivity contribution in [2.75, 3.05) is 0 Å². The van der Waals surface area contributed by atoms with Gasteiger partial charge in [-0.3, -0.25) is 9.51 Å². The van der Waals surface area contributed by atoms with Gasteiger partial charge < -0.3 is 19.6 Å². The summed E-state index contributed by atoms with van der Waals surface area (Å²) in [5.74, 6) is 0. The summed E-state index contributed by atoms with van der Waals surface area (Å²) in [5, 5.41) is 9.18. The number of aliphatic hydroxyl groups is 1. The second kappa shape index (κ2) is 9.89. The molecule has 0 unspecified atom stereocenters. The van der Waals surface area contributed by atoms with Crippen LogP contribution in [-0.4, -0.2) is 19.9 Å². The van der Waals surface area contributed by atoms with Crippen molar-refractivity contribution in [1.82, 2.24) is 4.98 Å². The molecule has 0 aliphatic heterocycles. The van der Waals surface area contributed by atoms with Crippen LogP contribution in [0.3, 0.4) is 0 Å². The Morgan fingerprint density at radius 2 is 1.52 bits per heavy atom. The Hall–Kier alpha value is -2.38. The molecule has 0 aliphatic carbocycles. The van der Waals surface area contributed by atoms with Gasteiger partial charge in [-0.15, -0.1) is 0 Å². The molecule has 3 N–H and O–H groups in total. The fourth-order valence-electron chi connectivity index (χ4n) is 2.72. The van der Waals surface area contributed by atoms with Crippen LogP contribution < -0.4 is 0 Å². The molecule has 0 atom stereocenters. The Labute approximate surface area is 168 Å². The Bertz CT molecular complexity index is 969. The van der Waals surface area contributed by atoms with E-state index in [4.69, 9.17) is 14.5 Å². The molecular weight excluding hydrogens is 393 g/mol. The monoisotopic (exact) mass is 415 g/mol. The summed E-state index contributed by atoms with van der Waals surface area (Å²) in [5.41, 5.74) is 5.15. The lowest BCUT2D eigenvalue weighted by Gasteiger charge is -2.08. The van der Waals surface area contributed by atoms with E-state index in [1.165, 1.54) is 6.20 Å². The van der Waals surface area contributed by atoms with Crippen LogP contribution in [0, 0.1) is 0 Å². The van der Waals surface area contributed by atoms with E-state index in [1.54, 1.807) is 12.1 Å². The second-order valence-electron chi connectivity index (χ2n) is 6.48. The zero-order chi connectivity index (χ0) is 20.7. The van der Waals surface area contributed by atoms with Crippen LogP contribution in [0.25, 0.3) is 11.3 Å². The lowest BCUT2D eigenvalue weighted by Crippen LogP contribution is -1.96. The number of hydrogen-bond acceptors (Lipinski definition) is 5. The van der Waals surface area contributed by atoms with E-state index in [1.807, 2.05) is 48.5 Å². The first-order valence-electron chi connectivity index (χ1n) is 8.94. The standard InChI is InChI=1S/C21H22NO6P/c23-12-17-2-1-3-18(10-17)14-27-13-16-4-7-20(8-5-16)21-9-6-19(11-22-21)15-28-29(24,25)26/h1-11,23H,12-15H2,(H2,24,25,26). The highest BCUT2D eigenvalue weighted by atomic mass is 31.2. The van der Waals surface area contributed by atoms with Gasteiger partial charge in [0, 0.05) is 11.8 Å². The molecule has 1 heterocycles. The number of phosphoric acid groups is 1. The van der Waals surface area contributed by atoms with Crippen LogP contribution in [0.5, 0.6) is 0 Å². The van der Waals surface area contributed by atoms with E-state index in [2.05, 4.69) is 9.51 Å². The predicted molar refractivity (Wildman–Crippen MR) is 107 cm³/mol. The van der Waals surface area contributed by atoms with Crippen molar-refractivity contribution >= 4 is 7.82 Å². The first-order valence-corrected chi connectivity index (χ1v) is 10.5. The molecule has 7 nitrogen and oxygen atoms in total. The fraction of sp³-hybridized carbons (Fsp3) is 0.190. The van der Waals surface area contributed by atoms with Crippen molar-refractivity contribution in [2.24, 2.45) is 0 Å². The van der Waals surface area contributed by atoms with Crippen molar-refractivity contribution in [2.45, 2.75) is 26.4 Å². The quantitative estimate of drug-likeness (QED) is 0.459. The molecule has 2 aromatic carbocycles. The lowest BCUT2D eigenvalue weighted by atomic mass is 10.1. The van der Waals surface area contributed by atoms with Gasteiger partial charge in [0.1, 0.15) is 0 Å². The van der Waals surface area contributed by atoms with E-state index >= 15 is 0 Å². The third-order valence-electron chi connectivity index (χ3n) is 4.19. The smallest absolute Gasteiger partial charge is 0.392 e. The van der Waals surface area contributed by atoms with Gasteiger partial charge in [0.15, 0.2) is 0 Å². The van der Waals surface area contributed by atoms with Crippen molar-refractivity contribution in [1.29, 1.82) is 0 Å². The summed E-state index contributed by atoms with van der Waals surface area (Å²) in [7, 11) is -4.49. The lowest BCUT2D eigenvalue weighted by molar-refractivity contribution is 0.107. The van der Waals surface area contributed by atoms with Crippen molar-refractivity contribution < 1.29 is 28.7 Å². The van der Waals surface area contributed by atoms with Gasteiger partial charge in [-0.05, 0) is 28.3 Å². The molecule has 0 spiro atoms. The van der Waals surface area contributed by atoms with Crippen LogP contribution >= 0.6 is 7.82 Å². The van der Waals surface area contributed by atoms with E-state index < -0.39 is 7.82 Å². The minimum atomic E-state index is -4.49. The minimum absolute atomic E-state index is 0.0149. The average molecular weight is 415 g/mol. The van der Waals surface area contributed by atoms with Crippen molar-refractivity contribution in [3.05, 3.63) is 89.1 Å². The van der Waals surface area contributed by atoms with E-state index in [9.17, 15) is 9.67 Å². The Balaban J connectivity index is 1.53. The number of nitrogens with zero attached hydrogens (tertiary/aromatic N) is 1. The molecule has 0 amide bonds. The number of hydrogen-bond donors (Lipinski definition) is 3. The molecule has 0 fully saturated rings. The van der Waals surface area contributed by atoms with Crippen LogP contribution in [0.15, 0.2) is 66.9 Å². The van der Waals surface area contributed by atoms with Crippen molar-refractivity contribution in [3.8, 4) is 11.3 Å². The Morgan fingerprint density at radius 3 is 2.17 bits per heavy atom. The number of pyridine rings is 1. The van der Waals surface area contributed by atoms with Crippen LogP contribution in [0.2, 0.25) is 0 Å². The molecule has 0 aliphatic rings.